The largest absolute Gasteiger partial charge is 0.389 e. The van der Waals surface area contributed by atoms with E-state index in [1.165, 1.54) is 6.07 Å². The van der Waals surface area contributed by atoms with E-state index in [2.05, 4.69) is 15.9 Å². The first-order valence-electron chi connectivity index (χ1n) is 4.88. The number of amides is 1. The van der Waals surface area contributed by atoms with Gasteiger partial charge >= 0.3 is 0 Å². The molecule has 2 unspecified atom stereocenters. The molecule has 0 heterocycles. The number of alkyl halides is 1. The normalized spacial score (nSPS) is 13.9. The average Bonchev–Trinajstić information content (AvgIpc) is 2.36. The van der Waals surface area contributed by atoms with Crippen LogP contribution in [0.4, 0.5) is 5.69 Å². The minimum Gasteiger partial charge on any atom is -0.389 e. The molecular weight excluding hydrogens is 308 g/mol. The van der Waals surface area contributed by atoms with Gasteiger partial charge in [0, 0.05) is 23.0 Å². The number of nitrogens with two attached hydrogens (primary N) is 1. The molecule has 0 aliphatic heterocycles. The van der Waals surface area contributed by atoms with Gasteiger partial charge in [0.25, 0.3) is 5.69 Å². The molecule has 1 rings (SSSR count). The number of benzene rings is 1. The molecule has 0 aliphatic rings. The number of nitro benzene ring substituents is 1. The van der Waals surface area contributed by atoms with Crippen LogP contribution in [0.25, 0.3) is 0 Å². The molecule has 0 radical (unpaired) electrons. The van der Waals surface area contributed by atoms with Crippen molar-refractivity contribution < 1.29 is 19.9 Å². The molecule has 0 aromatic heterocycles. The molecule has 0 aliphatic carbocycles. The Morgan fingerprint density at radius 3 is 2.50 bits per heavy atom. The smallest absolute Gasteiger partial charge is 0.270 e. The minimum atomic E-state index is -1.35. The third kappa shape index (κ3) is 3.25. The summed E-state index contributed by atoms with van der Waals surface area (Å²) in [6, 6.07) is 3.31. The summed E-state index contributed by atoms with van der Waals surface area (Å²) in [7, 11) is 0. The molecule has 1 amide bonds. The van der Waals surface area contributed by atoms with E-state index in [9.17, 15) is 25.1 Å². The van der Waals surface area contributed by atoms with E-state index >= 15 is 0 Å². The summed E-state index contributed by atoms with van der Waals surface area (Å²) in [5.74, 6) is -0.847. The van der Waals surface area contributed by atoms with Crippen LogP contribution in [0.1, 0.15) is 22.0 Å². The highest BCUT2D eigenvalue weighted by Crippen LogP contribution is 2.24. The van der Waals surface area contributed by atoms with Crippen molar-refractivity contribution in [1.29, 1.82) is 0 Å². The number of carbonyl (C=O) groups is 1. The summed E-state index contributed by atoms with van der Waals surface area (Å²) in [5, 5.41) is 30.0. The van der Waals surface area contributed by atoms with E-state index < -0.39 is 23.0 Å². The number of hydrogen-bond donors (Lipinski definition) is 3. The van der Waals surface area contributed by atoms with Crippen LogP contribution >= 0.6 is 15.9 Å². The van der Waals surface area contributed by atoms with Crippen LogP contribution in [-0.4, -0.2) is 32.5 Å². The van der Waals surface area contributed by atoms with Gasteiger partial charge in [0.1, 0.15) is 6.10 Å². The molecule has 0 bridgehead atoms. The van der Waals surface area contributed by atoms with Gasteiger partial charge in [-0.2, -0.15) is 0 Å². The maximum Gasteiger partial charge on any atom is 0.270 e. The number of hydrogen-bond acceptors (Lipinski definition) is 5. The molecule has 4 N–H and O–H groups in total. The summed E-state index contributed by atoms with van der Waals surface area (Å²) >= 11 is 2.97. The molecule has 0 fully saturated rings. The molecule has 7 nitrogen and oxygen atoms in total. The highest BCUT2D eigenvalue weighted by atomic mass is 79.9. The van der Waals surface area contributed by atoms with Crippen molar-refractivity contribution in [2.24, 2.45) is 5.73 Å². The number of non-ortho nitro benzene ring substituents is 1. The van der Waals surface area contributed by atoms with Gasteiger partial charge in [-0.3, -0.25) is 14.9 Å². The minimum absolute atomic E-state index is 0.0601. The van der Waals surface area contributed by atoms with Crippen LogP contribution in [0.2, 0.25) is 0 Å². The summed E-state index contributed by atoms with van der Waals surface area (Å²) in [6.45, 7) is 0. The number of nitro groups is 1. The zero-order chi connectivity index (χ0) is 13.9. The number of primary amides is 1. The first kappa shape index (κ1) is 14.6. The van der Waals surface area contributed by atoms with E-state index in [0.29, 0.717) is 0 Å². The second kappa shape index (κ2) is 5.89. The number of halogens is 1. The molecule has 0 saturated carbocycles. The standard InChI is InChI=1S/C10H11BrN2O5/c11-4-8(14)9(15)5-1-6(10(12)16)3-7(2-5)13(17)18/h1-3,8-9,14-15H,4H2,(H2,12,16). The van der Waals surface area contributed by atoms with Gasteiger partial charge < -0.3 is 15.9 Å². The van der Waals surface area contributed by atoms with Crippen LogP contribution in [0, 0.1) is 10.1 Å². The maximum absolute atomic E-state index is 11.0. The van der Waals surface area contributed by atoms with Gasteiger partial charge in [0.2, 0.25) is 5.91 Å². The molecule has 1 aromatic rings. The predicted octanol–water partition coefficient (Wildman–Crippen LogP) is 0.483. The zero-order valence-corrected chi connectivity index (χ0v) is 10.7. The summed E-state index contributed by atoms with van der Waals surface area (Å²) in [6.07, 6.45) is -2.49. The predicted molar refractivity (Wildman–Crippen MR) is 66.4 cm³/mol. The van der Waals surface area contributed by atoms with Gasteiger partial charge in [0.15, 0.2) is 0 Å². The number of carbonyl (C=O) groups excluding carboxylic acids is 1. The second-order valence-corrected chi connectivity index (χ2v) is 4.25. The molecule has 0 saturated heterocycles. The molecular formula is C10H11BrN2O5. The second-order valence-electron chi connectivity index (χ2n) is 3.60. The van der Waals surface area contributed by atoms with Crippen LogP contribution in [0.3, 0.4) is 0 Å². The van der Waals surface area contributed by atoms with Crippen molar-refractivity contribution >= 4 is 27.5 Å². The van der Waals surface area contributed by atoms with Crippen molar-refractivity contribution in [3.05, 3.63) is 39.4 Å². The van der Waals surface area contributed by atoms with E-state index in [4.69, 9.17) is 5.73 Å². The number of nitrogens with zero attached hydrogens (tertiary/aromatic N) is 1. The van der Waals surface area contributed by atoms with E-state index in [-0.39, 0.29) is 22.1 Å². The summed E-state index contributed by atoms with van der Waals surface area (Å²) < 4.78 is 0. The Morgan fingerprint density at radius 2 is 2.06 bits per heavy atom. The Hall–Kier alpha value is -1.51. The SMILES string of the molecule is NC(=O)c1cc(C(O)C(O)CBr)cc([N+](=O)[O-])c1. The molecule has 0 spiro atoms. The van der Waals surface area contributed by atoms with Gasteiger partial charge in [-0.15, -0.1) is 0 Å². The highest BCUT2D eigenvalue weighted by molar-refractivity contribution is 9.09. The fourth-order valence-electron chi connectivity index (χ4n) is 1.36. The van der Waals surface area contributed by atoms with Crippen molar-refractivity contribution in [3.63, 3.8) is 0 Å². The molecule has 18 heavy (non-hydrogen) atoms. The summed E-state index contributed by atoms with van der Waals surface area (Å²) in [5.41, 5.74) is 4.64. The van der Waals surface area contributed by atoms with Crippen LogP contribution < -0.4 is 5.73 Å². The Labute approximate surface area is 111 Å². The Balaban J connectivity index is 3.26. The van der Waals surface area contributed by atoms with Gasteiger partial charge in [-0.25, -0.2) is 0 Å². The van der Waals surface area contributed by atoms with Crippen molar-refractivity contribution in [1.82, 2.24) is 0 Å². The summed E-state index contributed by atoms with van der Waals surface area (Å²) in [4.78, 5) is 21.0. The highest BCUT2D eigenvalue weighted by Gasteiger charge is 2.21. The van der Waals surface area contributed by atoms with Crippen molar-refractivity contribution in [2.45, 2.75) is 12.2 Å². The topological polar surface area (TPSA) is 127 Å². The van der Waals surface area contributed by atoms with E-state index in [0.717, 1.165) is 12.1 Å². The Bertz CT molecular complexity index is 447. The van der Waals surface area contributed by atoms with E-state index in [1.54, 1.807) is 0 Å². The number of aliphatic hydroxyl groups is 2. The van der Waals surface area contributed by atoms with Crippen molar-refractivity contribution in [3.8, 4) is 0 Å². The van der Waals surface area contributed by atoms with Crippen LogP contribution in [0.15, 0.2) is 18.2 Å². The first-order chi connectivity index (χ1) is 8.36. The zero-order valence-electron chi connectivity index (χ0n) is 9.12. The molecule has 98 valence electrons. The van der Waals surface area contributed by atoms with Gasteiger partial charge in [-0.05, 0) is 11.6 Å². The van der Waals surface area contributed by atoms with Gasteiger partial charge in [0.05, 0.1) is 11.0 Å². The third-order valence-electron chi connectivity index (χ3n) is 2.30. The lowest BCUT2D eigenvalue weighted by atomic mass is 10.0. The number of rotatable bonds is 5. The lowest BCUT2D eigenvalue weighted by Crippen LogP contribution is -2.20. The molecule has 2 atom stereocenters. The van der Waals surface area contributed by atoms with Crippen LogP contribution in [0.5, 0.6) is 0 Å². The Morgan fingerprint density at radius 1 is 1.44 bits per heavy atom. The lowest BCUT2D eigenvalue weighted by molar-refractivity contribution is -0.385. The number of aliphatic hydroxyl groups excluding tert-OH is 2. The third-order valence-corrected chi connectivity index (χ3v) is 2.96. The monoisotopic (exact) mass is 318 g/mol. The van der Waals surface area contributed by atoms with Crippen molar-refractivity contribution in [2.75, 3.05) is 5.33 Å². The Kier molecular flexibility index (Phi) is 4.76. The first-order valence-corrected chi connectivity index (χ1v) is 6.00. The van der Waals surface area contributed by atoms with E-state index in [1.807, 2.05) is 0 Å². The average molecular weight is 319 g/mol. The van der Waals surface area contributed by atoms with Crippen LogP contribution in [-0.2, 0) is 0 Å². The lowest BCUT2D eigenvalue weighted by Gasteiger charge is -2.16. The molecule has 8 heteroatoms. The quantitative estimate of drug-likeness (QED) is 0.413. The maximum atomic E-state index is 11.0. The molecule has 1 aromatic carbocycles. The fraction of sp³-hybridized carbons (Fsp3) is 0.300. The fourth-order valence-corrected chi connectivity index (χ4v) is 1.71. The van der Waals surface area contributed by atoms with Gasteiger partial charge in [-0.1, -0.05) is 15.9 Å².